The Morgan fingerprint density at radius 3 is 2.55 bits per heavy atom. The van der Waals surface area contributed by atoms with Crippen molar-refractivity contribution in [1.29, 1.82) is 0 Å². The van der Waals surface area contributed by atoms with Crippen molar-refractivity contribution in [3.05, 3.63) is 0 Å². The molecule has 2 heterocycles. The molecular weight excluding hydrogens is 256 g/mol. The van der Waals surface area contributed by atoms with E-state index in [1.54, 1.807) is 0 Å². The van der Waals surface area contributed by atoms with Crippen LogP contribution >= 0.6 is 0 Å². The van der Waals surface area contributed by atoms with Crippen molar-refractivity contribution in [1.82, 2.24) is 0 Å². The van der Waals surface area contributed by atoms with Crippen LogP contribution in [0, 0.1) is 11.8 Å². The minimum absolute atomic E-state index is 0.0520. The van der Waals surface area contributed by atoms with E-state index in [-0.39, 0.29) is 17.3 Å². The molecule has 2 aliphatic heterocycles. The minimum atomic E-state index is -1.07. The van der Waals surface area contributed by atoms with Crippen LogP contribution in [0.4, 0.5) is 0 Å². The highest BCUT2D eigenvalue weighted by Crippen LogP contribution is 2.41. The first-order valence-electron chi connectivity index (χ1n) is 8.01. The summed E-state index contributed by atoms with van der Waals surface area (Å²) in [5.41, 5.74) is -1.33. The van der Waals surface area contributed by atoms with Gasteiger partial charge in [-0.15, -0.1) is 0 Å². The Balaban J connectivity index is 1.67. The normalized spacial score (nSPS) is 45.7. The molecule has 2 saturated heterocycles. The first-order chi connectivity index (χ1) is 9.53. The zero-order valence-electron chi connectivity index (χ0n) is 12.4. The number of carbonyl (C=O) groups excluding carboxylic acids is 1. The third kappa shape index (κ3) is 2.66. The lowest BCUT2D eigenvalue weighted by Gasteiger charge is -2.41. The van der Waals surface area contributed by atoms with Gasteiger partial charge in [0.1, 0.15) is 5.60 Å². The molecule has 0 amide bonds. The fourth-order valence-corrected chi connectivity index (χ4v) is 3.98. The van der Waals surface area contributed by atoms with E-state index in [4.69, 9.17) is 9.47 Å². The average Bonchev–Trinajstić information content (AvgIpc) is 2.89. The van der Waals surface area contributed by atoms with Crippen LogP contribution in [0.2, 0.25) is 0 Å². The van der Waals surface area contributed by atoms with E-state index >= 15 is 0 Å². The van der Waals surface area contributed by atoms with E-state index in [9.17, 15) is 9.90 Å². The first-order valence-corrected chi connectivity index (χ1v) is 8.01. The van der Waals surface area contributed by atoms with Gasteiger partial charge in [-0.3, -0.25) is 4.79 Å². The van der Waals surface area contributed by atoms with Crippen molar-refractivity contribution in [2.75, 3.05) is 19.8 Å². The second kappa shape index (κ2) is 5.39. The van der Waals surface area contributed by atoms with Gasteiger partial charge < -0.3 is 14.6 Å². The van der Waals surface area contributed by atoms with Gasteiger partial charge in [-0.05, 0) is 44.4 Å². The van der Waals surface area contributed by atoms with Crippen molar-refractivity contribution in [3.8, 4) is 0 Å². The molecule has 0 aromatic carbocycles. The van der Waals surface area contributed by atoms with Gasteiger partial charge in [0.25, 0.3) is 0 Å². The van der Waals surface area contributed by atoms with Gasteiger partial charge in [-0.25, -0.2) is 0 Å². The summed E-state index contributed by atoms with van der Waals surface area (Å²) in [6.45, 7) is 4.14. The monoisotopic (exact) mass is 282 g/mol. The predicted molar refractivity (Wildman–Crippen MR) is 74.4 cm³/mol. The predicted octanol–water partition coefficient (Wildman–Crippen LogP) is 2.08. The summed E-state index contributed by atoms with van der Waals surface area (Å²) in [6.07, 6.45) is 5.54. The van der Waals surface area contributed by atoms with Gasteiger partial charge >= 0.3 is 0 Å². The maximum Gasteiger partial charge on any atom is 0.167 e. The minimum Gasteiger partial charge on any atom is -0.382 e. The zero-order chi connectivity index (χ0) is 14.2. The van der Waals surface area contributed by atoms with Crippen LogP contribution in [0.1, 0.15) is 51.9 Å². The zero-order valence-corrected chi connectivity index (χ0v) is 12.4. The van der Waals surface area contributed by atoms with Gasteiger partial charge in [-0.2, -0.15) is 0 Å². The van der Waals surface area contributed by atoms with Gasteiger partial charge in [0, 0.05) is 25.6 Å². The van der Waals surface area contributed by atoms with Crippen molar-refractivity contribution in [3.63, 3.8) is 0 Å². The average molecular weight is 282 g/mol. The molecule has 114 valence electrons. The molecule has 0 aromatic heterocycles. The van der Waals surface area contributed by atoms with Crippen LogP contribution < -0.4 is 0 Å². The molecule has 1 spiro atoms. The Hall–Kier alpha value is -0.450. The molecule has 0 bridgehead atoms. The molecule has 2 unspecified atom stereocenters. The fraction of sp³-hybridized carbons (Fsp3) is 0.938. The van der Waals surface area contributed by atoms with E-state index in [2.05, 4.69) is 6.92 Å². The smallest absolute Gasteiger partial charge is 0.167 e. The SMILES string of the molecule is CC1CCC(O)(C(=O)C2CCOC3(CCOC3)C2)CC1. The highest BCUT2D eigenvalue weighted by Gasteiger charge is 2.48. The lowest BCUT2D eigenvalue weighted by Crippen LogP contribution is -2.50. The Morgan fingerprint density at radius 2 is 1.90 bits per heavy atom. The Morgan fingerprint density at radius 1 is 1.15 bits per heavy atom. The van der Waals surface area contributed by atoms with Crippen molar-refractivity contribution in [2.24, 2.45) is 11.8 Å². The van der Waals surface area contributed by atoms with E-state index in [1.807, 2.05) is 0 Å². The molecule has 1 N–H and O–H groups in total. The maximum atomic E-state index is 12.8. The van der Waals surface area contributed by atoms with Gasteiger partial charge in [0.15, 0.2) is 5.78 Å². The van der Waals surface area contributed by atoms with E-state index in [1.165, 1.54) is 0 Å². The summed E-state index contributed by atoms with van der Waals surface area (Å²) < 4.78 is 11.3. The second-order valence-electron chi connectivity index (χ2n) is 7.10. The number of aliphatic hydroxyl groups is 1. The Kier molecular flexibility index (Phi) is 3.91. The molecule has 4 nitrogen and oxygen atoms in total. The summed E-state index contributed by atoms with van der Waals surface area (Å²) in [4.78, 5) is 12.8. The molecule has 3 aliphatic rings. The summed E-state index contributed by atoms with van der Waals surface area (Å²) in [6, 6.07) is 0. The summed E-state index contributed by atoms with van der Waals surface area (Å²) in [5.74, 6) is 0.648. The molecule has 20 heavy (non-hydrogen) atoms. The number of hydrogen-bond acceptors (Lipinski definition) is 4. The summed E-state index contributed by atoms with van der Waals surface area (Å²) >= 11 is 0. The first kappa shape index (κ1) is 14.5. The molecule has 3 fully saturated rings. The van der Waals surface area contributed by atoms with Crippen molar-refractivity contribution >= 4 is 5.78 Å². The molecule has 0 aromatic rings. The second-order valence-corrected chi connectivity index (χ2v) is 7.10. The number of ketones is 1. The molecule has 3 rings (SSSR count). The molecule has 4 heteroatoms. The van der Waals surface area contributed by atoms with Gasteiger partial charge in [-0.1, -0.05) is 6.92 Å². The third-order valence-corrected chi connectivity index (χ3v) is 5.49. The topological polar surface area (TPSA) is 55.8 Å². The standard InChI is InChI=1S/C16H26O4/c1-12-2-5-16(18,6-3-12)14(17)13-4-8-20-15(10-13)7-9-19-11-15/h12-13,18H,2-11H2,1H3. The van der Waals surface area contributed by atoms with Gasteiger partial charge in [0.05, 0.1) is 12.2 Å². The Labute approximate surface area is 120 Å². The van der Waals surface area contributed by atoms with E-state index < -0.39 is 5.60 Å². The third-order valence-electron chi connectivity index (χ3n) is 5.49. The van der Waals surface area contributed by atoms with Crippen molar-refractivity contribution in [2.45, 2.75) is 63.1 Å². The summed E-state index contributed by atoms with van der Waals surface area (Å²) in [7, 11) is 0. The van der Waals surface area contributed by atoms with Crippen LogP contribution in [-0.4, -0.2) is 41.9 Å². The number of Topliss-reactive ketones (excluding diaryl/α,β-unsaturated/α-hetero) is 1. The fourth-order valence-electron chi connectivity index (χ4n) is 3.98. The van der Waals surface area contributed by atoms with Crippen LogP contribution in [0.15, 0.2) is 0 Å². The quantitative estimate of drug-likeness (QED) is 0.842. The number of hydrogen-bond donors (Lipinski definition) is 1. The van der Waals surface area contributed by atoms with Crippen LogP contribution in [0.3, 0.4) is 0 Å². The highest BCUT2D eigenvalue weighted by atomic mass is 16.6. The van der Waals surface area contributed by atoms with E-state index in [0.717, 1.165) is 38.7 Å². The lowest BCUT2D eigenvalue weighted by atomic mass is 9.71. The number of ether oxygens (including phenoxy) is 2. The van der Waals surface area contributed by atoms with Crippen molar-refractivity contribution < 1.29 is 19.4 Å². The summed E-state index contributed by atoms with van der Waals surface area (Å²) in [5, 5.41) is 10.7. The highest BCUT2D eigenvalue weighted by molar-refractivity contribution is 5.89. The molecule has 1 saturated carbocycles. The molecule has 0 radical (unpaired) electrons. The maximum absolute atomic E-state index is 12.8. The number of rotatable bonds is 2. The molecule has 1 aliphatic carbocycles. The molecular formula is C16H26O4. The van der Waals surface area contributed by atoms with Crippen LogP contribution in [0.5, 0.6) is 0 Å². The Bertz CT molecular complexity index is 365. The number of carbonyl (C=O) groups is 1. The van der Waals surface area contributed by atoms with Gasteiger partial charge in [0.2, 0.25) is 0 Å². The van der Waals surface area contributed by atoms with Crippen LogP contribution in [0.25, 0.3) is 0 Å². The van der Waals surface area contributed by atoms with E-state index in [0.29, 0.717) is 32.0 Å². The largest absolute Gasteiger partial charge is 0.382 e. The van der Waals surface area contributed by atoms with Crippen LogP contribution in [-0.2, 0) is 14.3 Å². The molecule has 2 atom stereocenters. The lowest BCUT2D eigenvalue weighted by molar-refractivity contribution is -0.157.